The summed E-state index contributed by atoms with van der Waals surface area (Å²) in [5.74, 6) is 2.98. The van der Waals surface area contributed by atoms with Gasteiger partial charge in [0.2, 0.25) is 0 Å². The van der Waals surface area contributed by atoms with E-state index in [4.69, 9.17) is 0 Å². The lowest BCUT2D eigenvalue weighted by Gasteiger charge is -2.53. The monoisotopic (exact) mass is 284 g/mol. The number of benzene rings is 1. The van der Waals surface area contributed by atoms with Crippen molar-refractivity contribution in [1.29, 1.82) is 0 Å². The molecule has 114 valence electrons. The molecule has 3 aliphatic carbocycles. The first kappa shape index (κ1) is 13.7. The molecule has 1 nitrogen and oxygen atoms in total. The maximum atomic E-state index is 9.74. The zero-order valence-corrected chi connectivity index (χ0v) is 13.7. The van der Waals surface area contributed by atoms with E-state index in [9.17, 15) is 5.11 Å². The molecule has 0 bridgehead atoms. The van der Waals surface area contributed by atoms with Crippen LogP contribution in [-0.4, -0.2) is 5.11 Å². The average molecular weight is 284 g/mol. The molecule has 1 N–H and O–H groups in total. The zero-order chi connectivity index (χ0) is 14.8. The minimum absolute atomic E-state index is 0.440. The van der Waals surface area contributed by atoms with Gasteiger partial charge in [-0.1, -0.05) is 26.8 Å². The molecule has 4 atom stereocenters. The Hall–Kier alpha value is -0.980. The number of rotatable bonds is 0. The minimum atomic E-state index is 0.440. The maximum Gasteiger partial charge on any atom is 0.115 e. The predicted molar refractivity (Wildman–Crippen MR) is 86.5 cm³/mol. The second kappa shape index (κ2) is 4.27. The summed E-state index contributed by atoms with van der Waals surface area (Å²) in [7, 11) is 0. The lowest BCUT2D eigenvalue weighted by molar-refractivity contribution is -0.00854. The number of aryl methyl sites for hydroxylation is 1. The summed E-state index contributed by atoms with van der Waals surface area (Å²) < 4.78 is 0. The summed E-state index contributed by atoms with van der Waals surface area (Å²) in [5, 5.41) is 9.74. The standard InChI is InChI=1S/C20H28O/c1-19(2)10-9-18-17-6-4-13-12-14(21)5-7-15(13)16(17)8-11-20(18,19)3/h5,7,12,16-18,21H,4,6,8-11H2,1-3H3/t16-,17-,18+,20+/m1/s1. The van der Waals surface area contributed by atoms with Crippen molar-refractivity contribution < 1.29 is 5.11 Å². The third-order valence-electron chi connectivity index (χ3n) is 7.73. The van der Waals surface area contributed by atoms with Crippen LogP contribution in [0.3, 0.4) is 0 Å². The Labute approximate surface area is 128 Å². The average Bonchev–Trinajstić information content (AvgIpc) is 2.69. The summed E-state index contributed by atoms with van der Waals surface area (Å²) in [6.07, 6.45) is 8.05. The predicted octanol–water partition coefficient (Wildman–Crippen LogP) is 5.27. The Morgan fingerprint density at radius 1 is 1.05 bits per heavy atom. The van der Waals surface area contributed by atoms with Gasteiger partial charge in [-0.05, 0) is 90.4 Å². The van der Waals surface area contributed by atoms with Crippen LogP contribution in [0.1, 0.15) is 69.9 Å². The minimum Gasteiger partial charge on any atom is -0.508 e. The highest BCUT2D eigenvalue weighted by Crippen LogP contribution is 2.67. The van der Waals surface area contributed by atoms with Gasteiger partial charge < -0.3 is 5.11 Å². The van der Waals surface area contributed by atoms with E-state index in [0.717, 1.165) is 24.2 Å². The van der Waals surface area contributed by atoms with Crippen molar-refractivity contribution in [3.8, 4) is 5.75 Å². The second-order valence-electron chi connectivity index (χ2n) is 8.68. The molecule has 2 fully saturated rings. The zero-order valence-electron chi connectivity index (χ0n) is 13.7. The van der Waals surface area contributed by atoms with Crippen LogP contribution >= 0.6 is 0 Å². The topological polar surface area (TPSA) is 20.2 Å². The molecular formula is C20H28O. The smallest absolute Gasteiger partial charge is 0.115 e. The molecule has 1 aromatic rings. The van der Waals surface area contributed by atoms with Gasteiger partial charge in [0.15, 0.2) is 0 Å². The fourth-order valence-electron chi connectivity index (χ4n) is 6.06. The highest BCUT2D eigenvalue weighted by atomic mass is 16.3. The van der Waals surface area contributed by atoms with Crippen molar-refractivity contribution in [2.75, 3.05) is 0 Å². The maximum absolute atomic E-state index is 9.74. The van der Waals surface area contributed by atoms with Gasteiger partial charge >= 0.3 is 0 Å². The second-order valence-corrected chi connectivity index (χ2v) is 8.68. The number of hydrogen-bond donors (Lipinski definition) is 1. The van der Waals surface area contributed by atoms with Crippen LogP contribution in [0, 0.1) is 22.7 Å². The highest BCUT2D eigenvalue weighted by Gasteiger charge is 2.57. The van der Waals surface area contributed by atoms with Crippen LogP contribution in [0.25, 0.3) is 0 Å². The van der Waals surface area contributed by atoms with Gasteiger partial charge in [-0.15, -0.1) is 0 Å². The number of phenolic OH excluding ortho intramolecular Hbond substituents is 1. The highest BCUT2D eigenvalue weighted by molar-refractivity contribution is 5.40. The third kappa shape index (κ3) is 1.76. The molecule has 0 amide bonds. The van der Waals surface area contributed by atoms with Crippen molar-refractivity contribution >= 4 is 0 Å². The van der Waals surface area contributed by atoms with Gasteiger partial charge in [0.25, 0.3) is 0 Å². The van der Waals surface area contributed by atoms with Crippen molar-refractivity contribution in [3.05, 3.63) is 29.3 Å². The van der Waals surface area contributed by atoms with Crippen LogP contribution in [-0.2, 0) is 6.42 Å². The van der Waals surface area contributed by atoms with E-state index in [1.165, 1.54) is 37.7 Å². The van der Waals surface area contributed by atoms with E-state index in [2.05, 4.69) is 26.8 Å². The third-order valence-corrected chi connectivity index (χ3v) is 7.73. The Morgan fingerprint density at radius 3 is 2.67 bits per heavy atom. The molecule has 0 radical (unpaired) electrons. The van der Waals surface area contributed by atoms with Crippen LogP contribution in [0.15, 0.2) is 18.2 Å². The van der Waals surface area contributed by atoms with Gasteiger partial charge in [0.05, 0.1) is 0 Å². The van der Waals surface area contributed by atoms with E-state index in [0.29, 0.717) is 16.6 Å². The van der Waals surface area contributed by atoms with Crippen molar-refractivity contribution in [2.24, 2.45) is 22.7 Å². The summed E-state index contributed by atoms with van der Waals surface area (Å²) in [6, 6.07) is 6.12. The van der Waals surface area contributed by atoms with Gasteiger partial charge in [-0.3, -0.25) is 0 Å². The molecule has 0 unspecified atom stereocenters. The van der Waals surface area contributed by atoms with Crippen molar-refractivity contribution in [3.63, 3.8) is 0 Å². The Morgan fingerprint density at radius 2 is 1.86 bits per heavy atom. The lowest BCUT2D eigenvalue weighted by atomic mass is 9.51. The molecule has 4 rings (SSSR count). The number of fused-ring (bicyclic) bond motifs is 5. The van der Waals surface area contributed by atoms with Crippen LogP contribution in [0.2, 0.25) is 0 Å². The molecule has 1 heteroatoms. The lowest BCUT2D eigenvalue weighted by Crippen LogP contribution is -2.45. The van der Waals surface area contributed by atoms with Crippen LogP contribution in [0.4, 0.5) is 0 Å². The van der Waals surface area contributed by atoms with Crippen LogP contribution in [0.5, 0.6) is 5.75 Å². The summed E-state index contributed by atoms with van der Waals surface area (Å²) in [6.45, 7) is 7.58. The molecule has 0 heterocycles. The molecule has 3 aliphatic rings. The molecule has 0 spiro atoms. The molecule has 21 heavy (non-hydrogen) atoms. The number of phenols is 1. The van der Waals surface area contributed by atoms with Gasteiger partial charge in [-0.2, -0.15) is 0 Å². The Bertz CT molecular complexity index is 573. The number of aromatic hydroxyl groups is 1. The quantitative estimate of drug-likeness (QED) is 0.687. The SMILES string of the molecule is CC1(C)CC[C@H]2[C@@H]3CCc4cc(O)ccc4[C@H]3CC[C@@]21C. The van der Waals surface area contributed by atoms with E-state index >= 15 is 0 Å². The van der Waals surface area contributed by atoms with Gasteiger partial charge in [0, 0.05) is 0 Å². The Balaban J connectivity index is 1.72. The largest absolute Gasteiger partial charge is 0.508 e. The molecule has 2 saturated carbocycles. The fraction of sp³-hybridized carbons (Fsp3) is 0.700. The first-order chi connectivity index (χ1) is 9.92. The molecule has 0 saturated heterocycles. The number of hydrogen-bond acceptors (Lipinski definition) is 1. The summed E-state index contributed by atoms with van der Waals surface area (Å²) in [4.78, 5) is 0. The summed E-state index contributed by atoms with van der Waals surface area (Å²) in [5.41, 5.74) is 4.02. The van der Waals surface area contributed by atoms with Gasteiger partial charge in [-0.25, -0.2) is 0 Å². The first-order valence-corrected chi connectivity index (χ1v) is 8.74. The molecule has 0 aliphatic heterocycles. The van der Waals surface area contributed by atoms with E-state index in [1.807, 2.05) is 12.1 Å². The Kier molecular flexibility index (Phi) is 2.78. The normalized spacial score (nSPS) is 40.2. The van der Waals surface area contributed by atoms with Gasteiger partial charge in [0.1, 0.15) is 5.75 Å². The molecule has 0 aromatic heterocycles. The van der Waals surface area contributed by atoms with E-state index < -0.39 is 0 Å². The van der Waals surface area contributed by atoms with E-state index in [1.54, 1.807) is 5.56 Å². The van der Waals surface area contributed by atoms with Crippen molar-refractivity contribution in [1.82, 2.24) is 0 Å². The summed E-state index contributed by atoms with van der Waals surface area (Å²) >= 11 is 0. The molecular weight excluding hydrogens is 256 g/mol. The van der Waals surface area contributed by atoms with Crippen LogP contribution < -0.4 is 0 Å². The van der Waals surface area contributed by atoms with E-state index in [-0.39, 0.29) is 0 Å². The molecule has 1 aromatic carbocycles. The van der Waals surface area contributed by atoms with Crippen molar-refractivity contribution in [2.45, 2.75) is 65.2 Å². The fourth-order valence-corrected chi connectivity index (χ4v) is 6.06. The first-order valence-electron chi connectivity index (χ1n) is 8.74.